The Morgan fingerprint density at radius 2 is 2.08 bits per heavy atom. The van der Waals surface area contributed by atoms with Crippen molar-refractivity contribution in [2.45, 2.75) is 13.5 Å². The SMILES string of the molecule is Cc1cccc(Cn2cnc(NC(=O)c3cnc(Cl)c(Cl)c3)c2)c1. The number of hydrogen-bond acceptors (Lipinski definition) is 3. The molecule has 0 atom stereocenters. The van der Waals surface area contributed by atoms with E-state index in [1.54, 1.807) is 12.5 Å². The molecule has 0 saturated carbocycles. The first-order chi connectivity index (χ1) is 11.5. The summed E-state index contributed by atoms with van der Waals surface area (Å²) in [5.41, 5.74) is 2.69. The molecule has 122 valence electrons. The number of rotatable bonds is 4. The van der Waals surface area contributed by atoms with Crippen LogP contribution in [0.5, 0.6) is 0 Å². The minimum Gasteiger partial charge on any atom is -0.331 e. The van der Waals surface area contributed by atoms with Crippen LogP contribution in [0.2, 0.25) is 10.2 Å². The molecule has 24 heavy (non-hydrogen) atoms. The van der Waals surface area contributed by atoms with Gasteiger partial charge >= 0.3 is 0 Å². The van der Waals surface area contributed by atoms with Gasteiger partial charge in [-0.15, -0.1) is 0 Å². The number of carbonyl (C=O) groups excluding carboxylic acids is 1. The number of halogens is 2. The number of hydrogen-bond donors (Lipinski definition) is 1. The fourth-order valence-corrected chi connectivity index (χ4v) is 2.54. The average molecular weight is 361 g/mol. The van der Waals surface area contributed by atoms with E-state index in [4.69, 9.17) is 23.2 Å². The molecule has 0 fully saturated rings. The van der Waals surface area contributed by atoms with Crippen LogP contribution in [-0.4, -0.2) is 20.4 Å². The second-order valence-electron chi connectivity index (χ2n) is 5.37. The number of benzene rings is 1. The zero-order valence-electron chi connectivity index (χ0n) is 12.8. The van der Waals surface area contributed by atoms with Crippen LogP contribution in [0, 0.1) is 6.92 Å². The van der Waals surface area contributed by atoms with E-state index in [1.165, 1.54) is 23.4 Å². The van der Waals surface area contributed by atoms with E-state index in [2.05, 4.69) is 21.4 Å². The van der Waals surface area contributed by atoms with Crippen LogP contribution in [0.4, 0.5) is 5.82 Å². The quantitative estimate of drug-likeness (QED) is 0.709. The summed E-state index contributed by atoms with van der Waals surface area (Å²) >= 11 is 11.6. The summed E-state index contributed by atoms with van der Waals surface area (Å²) < 4.78 is 1.90. The summed E-state index contributed by atoms with van der Waals surface area (Å²) in [5, 5.41) is 3.10. The van der Waals surface area contributed by atoms with Gasteiger partial charge in [0.05, 0.1) is 16.9 Å². The Kier molecular flexibility index (Phi) is 4.83. The molecular formula is C17H14Cl2N4O. The summed E-state index contributed by atoms with van der Waals surface area (Å²) in [6.07, 6.45) is 4.81. The van der Waals surface area contributed by atoms with Gasteiger partial charge in [0.25, 0.3) is 5.91 Å². The molecule has 1 amide bonds. The molecule has 0 radical (unpaired) electrons. The van der Waals surface area contributed by atoms with Gasteiger partial charge in [0.15, 0.2) is 5.82 Å². The van der Waals surface area contributed by atoms with E-state index in [-0.39, 0.29) is 16.1 Å². The van der Waals surface area contributed by atoms with E-state index in [0.717, 1.165) is 0 Å². The number of pyridine rings is 1. The molecule has 3 rings (SSSR count). The molecule has 0 unspecified atom stereocenters. The smallest absolute Gasteiger partial charge is 0.258 e. The van der Waals surface area contributed by atoms with Gasteiger partial charge in [-0.05, 0) is 18.6 Å². The molecular weight excluding hydrogens is 347 g/mol. The molecule has 0 saturated heterocycles. The third-order valence-electron chi connectivity index (χ3n) is 3.38. The molecule has 3 aromatic rings. The minimum atomic E-state index is -0.345. The zero-order valence-corrected chi connectivity index (χ0v) is 14.3. The molecule has 2 heterocycles. The highest BCUT2D eigenvalue weighted by molar-refractivity contribution is 6.41. The molecule has 1 N–H and O–H groups in total. The number of amides is 1. The van der Waals surface area contributed by atoms with E-state index in [0.29, 0.717) is 17.9 Å². The number of carbonyl (C=O) groups is 1. The second kappa shape index (κ2) is 7.03. The topological polar surface area (TPSA) is 59.8 Å². The van der Waals surface area contributed by atoms with Gasteiger partial charge in [-0.2, -0.15) is 0 Å². The Balaban J connectivity index is 1.69. The summed E-state index contributed by atoms with van der Waals surface area (Å²) in [4.78, 5) is 20.2. The standard InChI is InChI=1S/C17H14Cl2N4O/c1-11-3-2-4-12(5-11)8-23-9-15(21-10-23)22-17(24)13-6-14(18)16(19)20-7-13/h2-7,9-10H,8H2,1H3,(H,22,24). The lowest BCUT2D eigenvalue weighted by Crippen LogP contribution is -2.12. The molecule has 1 aromatic carbocycles. The van der Waals surface area contributed by atoms with Crippen molar-refractivity contribution in [2.75, 3.05) is 5.32 Å². The lowest BCUT2D eigenvalue weighted by Gasteiger charge is -2.04. The number of aryl methyl sites for hydroxylation is 1. The average Bonchev–Trinajstić information content (AvgIpc) is 2.97. The monoisotopic (exact) mass is 360 g/mol. The maximum absolute atomic E-state index is 12.2. The summed E-state index contributed by atoms with van der Waals surface area (Å²) in [5.74, 6) is 0.112. The number of anilines is 1. The fraction of sp³-hybridized carbons (Fsp3) is 0.118. The van der Waals surface area contributed by atoms with Crippen molar-refractivity contribution in [3.8, 4) is 0 Å². The lowest BCUT2D eigenvalue weighted by atomic mass is 10.1. The molecule has 0 aliphatic rings. The van der Waals surface area contributed by atoms with Gasteiger partial charge in [0.2, 0.25) is 0 Å². The lowest BCUT2D eigenvalue weighted by molar-refractivity contribution is 0.102. The highest BCUT2D eigenvalue weighted by Crippen LogP contribution is 2.20. The van der Waals surface area contributed by atoms with Crippen LogP contribution in [0.25, 0.3) is 0 Å². The predicted molar refractivity (Wildman–Crippen MR) is 94.7 cm³/mol. The maximum atomic E-state index is 12.2. The normalized spacial score (nSPS) is 10.6. The molecule has 7 heteroatoms. The van der Waals surface area contributed by atoms with E-state index < -0.39 is 0 Å². The van der Waals surface area contributed by atoms with Gasteiger partial charge in [-0.1, -0.05) is 53.0 Å². The van der Waals surface area contributed by atoms with E-state index in [1.807, 2.05) is 29.7 Å². The van der Waals surface area contributed by atoms with Crippen molar-refractivity contribution in [2.24, 2.45) is 0 Å². The molecule has 2 aromatic heterocycles. The Morgan fingerprint density at radius 1 is 1.25 bits per heavy atom. The number of imidazole rings is 1. The number of aromatic nitrogens is 3. The molecule has 0 aliphatic heterocycles. The second-order valence-corrected chi connectivity index (χ2v) is 6.14. The fourth-order valence-electron chi connectivity index (χ4n) is 2.27. The first kappa shape index (κ1) is 16.5. The van der Waals surface area contributed by atoms with Crippen molar-refractivity contribution in [1.82, 2.24) is 14.5 Å². The zero-order chi connectivity index (χ0) is 17.1. The van der Waals surface area contributed by atoms with Crippen molar-refractivity contribution in [3.05, 3.63) is 75.9 Å². The van der Waals surface area contributed by atoms with Gasteiger partial charge in [0.1, 0.15) is 5.15 Å². The van der Waals surface area contributed by atoms with Crippen molar-refractivity contribution in [3.63, 3.8) is 0 Å². The predicted octanol–water partition coefficient (Wildman–Crippen LogP) is 4.19. The molecule has 5 nitrogen and oxygen atoms in total. The van der Waals surface area contributed by atoms with Crippen LogP contribution in [0.15, 0.2) is 49.1 Å². The molecule has 0 spiro atoms. The number of nitrogens with one attached hydrogen (secondary N) is 1. The molecule has 0 aliphatic carbocycles. The first-order valence-corrected chi connectivity index (χ1v) is 7.96. The Labute approximate surface area is 149 Å². The van der Waals surface area contributed by atoms with Crippen LogP contribution in [-0.2, 0) is 6.54 Å². The minimum absolute atomic E-state index is 0.163. The van der Waals surface area contributed by atoms with E-state index >= 15 is 0 Å². The summed E-state index contributed by atoms with van der Waals surface area (Å²) in [6, 6.07) is 9.69. The largest absolute Gasteiger partial charge is 0.331 e. The Morgan fingerprint density at radius 3 is 2.83 bits per heavy atom. The van der Waals surface area contributed by atoms with Crippen molar-refractivity contribution < 1.29 is 4.79 Å². The Hall–Kier alpha value is -2.37. The van der Waals surface area contributed by atoms with Crippen LogP contribution in [0.1, 0.15) is 21.5 Å². The van der Waals surface area contributed by atoms with Gasteiger partial charge in [0, 0.05) is 18.9 Å². The maximum Gasteiger partial charge on any atom is 0.258 e. The van der Waals surface area contributed by atoms with Crippen LogP contribution in [0.3, 0.4) is 0 Å². The number of nitrogens with zero attached hydrogens (tertiary/aromatic N) is 3. The van der Waals surface area contributed by atoms with Gasteiger partial charge in [-0.25, -0.2) is 9.97 Å². The van der Waals surface area contributed by atoms with Gasteiger partial charge < -0.3 is 9.88 Å². The first-order valence-electron chi connectivity index (χ1n) is 7.21. The Bertz CT molecular complexity index is 892. The third kappa shape index (κ3) is 3.93. The highest BCUT2D eigenvalue weighted by Gasteiger charge is 2.11. The van der Waals surface area contributed by atoms with E-state index in [9.17, 15) is 4.79 Å². The summed E-state index contributed by atoms with van der Waals surface area (Å²) in [7, 11) is 0. The van der Waals surface area contributed by atoms with Crippen LogP contribution < -0.4 is 5.32 Å². The van der Waals surface area contributed by atoms with Gasteiger partial charge in [-0.3, -0.25) is 4.79 Å². The van der Waals surface area contributed by atoms with Crippen molar-refractivity contribution in [1.29, 1.82) is 0 Å². The summed E-state index contributed by atoms with van der Waals surface area (Å²) in [6.45, 7) is 2.73. The van der Waals surface area contributed by atoms with Crippen LogP contribution >= 0.6 is 23.2 Å². The molecule has 0 bridgehead atoms. The highest BCUT2D eigenvalue weighted by atomic mass is 35.5. The third-order valence-corrected chi connectivity index (χ3v) is 4.07. The van der Waals surface area contributed by atoms with Crippen molar-refractivity contribution >= 4 is 34.9 Å².